The third kappa shape index (κ3) is 4.96. The molecule has 0 aromatic heterocycles. The summed E-state index contributed by atoms with van der Waals surface area (Å²) in [6.45, 7) is 7.47. The number of benzene rings is 2. The molecule has 2 aromatic carbocycles. The second-order valence-electron chi connectivity index (χ2n) is 7.39. The molecule has 2 heteroatoms. The summed E-state index contributed by atoms with van der Waals surface area (Å²) in [6, 6.07) is 21.2. The number of nitrogens with one attached hydrogen (secondary N) is 1. The van der Waals surface area contributed by atoms with Gasteiger partial charge >= 0.3 is 0 Å². The molecule has 4 rings (SSSR count). The summed E-state index contributed by atoms with van der Waals surface area (Å²) >= 11 is 0. The van der Waals surface area contributed by atoms with Crippen molar-refractivity contribution in [3.05, 3.63) is 71.3 Å². The molecule has 2 aliphatic rings. The number of nitrogens with zero attached hydrogens (tertiary/aromatic N) is 1. The van der Waals surface area contributed by atoms with E-state index < -0.39 is 0 Å². The standard InChI is InChI=1S/C22H28N2.C2H6/c1-2-8-18(9-3-1)17-24-13-7-6-12-22(24)16-23-21-14-19-10-4-5-11-20(19)15-21;1-2/h1-5,8-11,21-23H,6-7,12-17H2;1-2H3. The van der Waals surface area contributed by atoms with E-state index in [4.69, 9.17) is 0 Å². The van der Waals surface area contributed by atoms with Gasteiger partial charge in [0.05, 0.1) is 0 Å². The molecule has 2 nitrogen and oxygen atoms in total. The van der Waals surface area contributed by atoms with Crippen LogP contribution in [0.25, 0.3) is 0 Å². The van der Waals surface area contributed by atoms with Crippen LogP contribution in [0.4, 0.5) is 0 Å². The molecule has 0 spiro atoms. The van der Waals surface area contributed by atoms with Crippen molar-refractivity contribution < 1.29 is 0 Å². The fraction of sp³-hybridized carbons (Fsp3) is 0.500. The Morgan fingerprint density at radius 1 is 0.885 bits per heavy atom. The maximum atomic E-state index is 3.87. The van der Waals surface area contributed by atoms with Crippen molar-refractivity contribution in [2.24, 2.45) is 0 Å². The second-order valence-corrected chi connectivity index (χ2v) is 7.39. The van der Waals surface area contributed by atoms with E-state index in [-0.39, 0.29) is 0 Å². The summed E-state index contributed by atoms with van der Waals surface area (Å²) in [5.74, 6) is 0. The van der Waals surface area contributed by atoms with Gasteiger partial charge in [-0.15, -0.1) is 0 Å². The number of likely N-dealkylation sites (tertiary alicyclic amines) is 1. The van der Waals surface area contributed by atoms with E-state index in [2.05, 4.69) is 64.8 Å². The first kappa shape index (κ1) is 19.1. The third-order valence-corrected chi connectivity index (χ3v) is 5.67. The molecule has 2 aromatic rings. The first-order valence-electron chi connectivity index (χ1n) is 10.5. The summed E-state index contributed by atoms with van der Waals surface area (Å²) in [5, 5.41) is 3.87. The van der Waals surface area contributed by atoms with Gasteiger partial charge < -0.3 is 5.32 Å². The summed E-state index contributed by atoms with van der Waals surface area (Å²) in [4.78, 5) is 2.69. The van der Waals surface area contributed by atoms with Crippen LogP contribution in [0.15, 0.2) is 54.6 Å². The molecule has 0 amide bonds. The number of fused-ring (bicyclic) bond motifs is 1. The van der Waals surface area contributed by atoms with Gasteiger partial charge in [-0.25, -0.2) is 0 Å². The van der Waals surface area contributed by atoms with E-state index in [1.54, 1.807) is 11.1 Å². The Bertz CT molecular complexity index is 627. The Labute approximate surface area is 159 Å². The van der Waals surface area contributed by atoms with Crippen LogP contribution in [-0.2, 0) is 19.4 Å². The van der Waals surface area contributed by atoms with Crippen LogP contribution in [-0.4, -0.2) is 30.1 Å². The molecule has 140 valence electrons. The van der Waals surface area contributed by atoms with E-state index >= 15 is 0 Å². The molecular formula is C24H34N2. The van der Waals surface area contributed by atoms with Gasteiger partial charge in [0.1, 0.15) is 0 Å². The molecule has 1 heterocycles. The highest BCUT2D eigenvalue weighted by Crippen LogP contribution is 2.23. The monoisotopic (exact) mass is 350 g/mol. The minimum Gasteiger partial charge on any atom is -0.312 e. The van der Waals surface area contributed by atoms with Crippen molar-refractivity contribution in [3.63, 3.8) is 0 Å². The van der Waals surface area contributed by atoms with Crippen LogP contribution < -0.4 is 5.32 Å². The second kappa shape index (κ2) is 9.89. The van der Waals surface area contributed by atoms with Gasteiger partial charge in [0.2, 0.25) is 0 Å². The Balaban J connectivity index is 0.000000948. The molecule has 26 heavy (non-hydrogen) atoms. The van der Waals surface area contributed by atoms with Gasteiger partial charge in [0.15, 0.2) is 0 Å². The van der Waals surface area contributed by atoms with E-state index in [0.717, 1.165) is 13.1 Å². The first-order chi connectivity index (χ1) is 12.9. The van der Waals surface area contributed by atoms with Crippen molar-refractivity contribution in [2.75, 3.05) is 13.1 Å². The van der Waals surface area contributed by atoms with Crippen molar-refractivity contribution in [3.8, 4) is 0 Å². The quantitative estimate of drug-likeness (QED) is 0.831. The third-order valence-electron chi connectivity index (χ3n) is 5.67. The molecule has 1 N–H and O–H groups in total. The van der Waals surface area contributed by atoms with Crippen molar-refractivity contribution >= 4 is 0 Å². The highest BCUT2D eigenvalue weighted by atomic mass is 15.2. The van der Waals surface area contributed by atoms with Crippen LogP contribution in [0.1, 0.15) is 49.8 Å². The summed E-state index contributed by atoms with van der Waals surface area (Å²) < 4.78 is 0. The smallest absolute Gasteiger partial charge is 0.0237 e. The molecule has 1 saturated heterocycles. The first-order valence-corrected chi connectivity index (χ1v) is 10.5. The highest BCUT2D eigenvalue weighted by molar-refractivity contribution is 5.33. The number of hydrogen-bond acceptors (Lipinski definition) is 2. The van der Waals surface area contributed by atoms with E-state index in [1.807, 2.05) is 13.8 Å². The van der Waals surface area contributed by atoms with Crippen LogP contribution in [0.3, 0.4) is 0 Å². The van der Waals surface area contributed by atoms with E-state index in [9.17, 15) is 0 Å². The SMILES string of the molecule is CC.c1ccc(CN2CCCCC2CNC2Cc3ccccc3C2)cc1. The average Bonchev–Trinajstić information content (AvgIpc) is 3.13. The Hall–Kier alpha value is -1.64. The molecule has 0 bridgehead atoms. The van der Waals surface area contributed by atoms with Gasteiger partial charge in [-0.2, -0.15) is 0 Å². The van der Waals surface area contributed by atoms with Gasteiger partial charge in [-0.1, -0.05) is 74.9 Å². The fourth-order valence-corrected chi connectivity index (χ4v) is 4.32. The van der Waals surface area contributed by atoms with Gasteiger partial charge in [-0.3, -0.25) is 4.90 Å². The summed E-state index contributed by atoms with van der Waals surface area (Å²) in [6.07, 6.45) is 6.45. The average molecular weight is 351 g/mol. The molecule has 0 saturated carbocycles. The fourth-order valence-electron chi connectivity index (χ4n) is 4.32. The molecular weight excluding hydrogens is 316 g/mol. The van der Waals surface area contributed by atoms with Crippen LogP contribution in [0, 0.1) is 0 Å². The van der Waals surface area contributed by atoms with E-state index in [0.29, 0.717) is 12.1 Å². The summed E-state index contributed by atoms with van der Waals surface area (Å²) in [5.41, 5.74) is 4.53. The van der Waals surface area contributed by atoms with Gasteiger partial charge in [0.25, 0.3) is 0 Å². The minimum atomic E-state index is 0.628. The van der Waals surface area contributed by atoms with Gasteiger partial charge in [-0.05, 0) is 48.9 Å². The predicted molar refractivity (Wildman–Crippen MR) is 111 cm³/mol. The predicted octanol–water partition coefficient (Wildman–Crippen LogP) is 4.82. The molecule has 1 fully saturated rings. The zero-order valence-corrected chi connectivity index (χ0v) is 16.5. The van der Waals surface area contributed by atoms with Crippen molar-refractivity contribution in [1.29, 1.82) is 0 Å². The Kier molecular flexibility index (Phi) is 7.28. The lowest BCUT2D eigenvalue weighted by atomic mass is 10.0. The zero-order valence-electron chi connectivity index (χ0n) is 16.5. The normalized spacial score (nSPS) is 20.3. The van der Waals surface area contributed by atoms with Crippen LogP contribution >= 0.6 is 0 Å². The lowest BCUT2D eigenvalue weighted by Crippen LogP contribution is -2.47. The molecule has 1 aliphatic heterocycles. The number of piperidine rings is 1. The van der Waals surface area contributed by atoms with Crippen LogP contribution in [0.2, 0.25) is 0 Å². The summed E-state index contributed by atoms with van der Waals surface area (Å²) in [7, 11) is 0. The highest BCUT2D eigenvalue weighted by Gasteiger charge is 2.25. The number of rotatable bonds is 5. The minimum absolute atomic E-state index is 0.628. The topological polar surface area (TPSA) is 15.3 Å². The molecule has 1 unspecified atom stereocenters. The Morgan fingerprint density at radius 3 is 2.23 bits per heavy atom. The Morgan fingerprint density at radius 2 is 1.54 bits per heavy atom. The molecule has 1 aliphatic carbocycles. The maximum Gasteiger partial charge on any atom is 0.0237 e. The molecule has 1 atom stereocenters. The van der Waals surface area contributed by atoms with Crippen LogP contribution in [0.5, 0.6) is 0 Å². The zero-order chi connectivity index (χ0) is 18.2. The lowest BCUT2D eigenvalue weighted by molar-refractivity contribution is 0.135. The van der Waals surface area contributed by atoms with E-state index in [1.165, 1.54) is 44.2 Å². The van der Waals surface area contributed by atoms with Gasteiger partial charge in [0, 0.05) is 25.2 Å². The molecule has 0 radical (unpaired) electrons. The maximum absolute atomic E-state index is 3.87. The largest absolute Gasteiger partial charge is 0.312 e. The van der Waals surface area contributed by atoms with Crippen molar-refractivity contribution in [2.45, 2.75) is 64.6 Å². The lowest BCUT2D eigenvalue weighted by Gasteiger charge is -2.36. The van der Waals surface area contributed by atoms with Crippen molar-refractivity contribution in [1.82, 2.24) is 10.2 Å². The number of hydrogen-bond donors (Lipinski definition) is 1.